The molecule has 0 atom stereocenters. The van der Waals surface area contributed by atoms with Crippen molar-refractivity contribution in [3.63, 3.8) is 0 Å². The fourth-order valence-corrected chi connectivity index (χ4v) is 1.78. The van der Waals surface area contributed by atoms with Crippen LogP contribution in [0, 0.1) is 27.2 Å². The largest absolute Gasteiger partial charge is 0.359 e. The summed E-state index contributed by atoms with van der Waals surface area (Å²) in [7, 11) is 1.51. The van der Waals surface area contributed by atoms with Gasteiger partial charge < -0.3 is 10.6 Å². The van der Waals surface area contributed by atoms with E-state index < -0.39 is 27.7 Å². The molecule has 0 unspecified atom stereocenters. The van der Waals surface area contributed by atoms with Crippen molar-refractivity contribution in [2.45, 2.75) is 20.4 Å². The van der Waals surface area contributed by atoms with Gasteiger partial charge in [-0.3, -0.25) is 14.9 Å². The van der Waals surface area contributed by atoms with E-state index in [1.54, 1.807) is 13.8 Å². The molecule has 0 aliphatic heterocycles. The molecular formula is C13H17F2N3O3. The van der Waals surface area contributed by atoms with E-state index in [2.05, 4.69) is 10.6 Å². The van der Waals surface area contributed by atoms with E-state index in [-0.39, 0.29) is 24.6 Å². The number of nitro groups is 1. The van der Waals surface area contributed by atoms with Crippen LogP contribution in [-0.4, -0.2) is 24.4 Å². The second-order valence-electron chi connectivity index (χ2n) is 5.22. The summed E-state index contributed by atoms with van der Waals surface area (Å²) < 4.78 is 26.7. The minimum atomic E-state index is -1.22. The maximum Gasteiger partial charge on any atom is 0.305 e. The van der Waals surface area contributed by atoms with E-state index in [1.807, 2.05) is 0 Å². The Kier molecular flexibility index (Phi) is 5.31. The van der Waals surface area contributed by atoms with Crippen LogP contribution < -0.4 is 10.6 Å². The van der Waals surface area contributed by atoms with Gasteiger partial charge in [-0.25, -0.2) is 4.39 Å². The summed E-state index contributed by atoms with van der Waals surface area (Å²) in [5, 5.41) is 16.0. The van der Waals surface area contributed by atoms with Gasteiger partial charge in [0, 0.05) is 37.8 Å². The molecule has 0 heterocycles. The molecule has 21 heavy (non-hydrogen) atoms. The lowest BCUT2D eigenvalue weighted by molar-refractivity contribution is -0.387. The first kappa shape index (κ1) is 17.0. The van der Waals surface area contributed by atoms with Gasteiger partial charge in [0.05, 0.1) is 10.3 Å². The van der Waals surface area contributed by atoms with E-state index in [9.17, 15) is 23.7 Å². The maximum absolute atomic E-state index is 13.6. The fraction of sp³-hybridized carbons (Fsp3) is 0.462. The molecule has 0 saturated heterocycles. The Morgan fingerprint density at radius 2 is 1.95 bits per heavy atom. The number of nitro benzene ring substituents is 1. The average Bonchev–Trinajstić information content (AvgIpc) is 2.39. The lowest BCUT2D eigenvalue weighted by atomic mass is 9.92. The normalized spacial score (nSPS) is 11.3. The molecular weight excluding hydrogens is 284 g/mol. The highest BCUT2D eigenvalue weighted by atomic mass is 19.1. The van der Waals surface area contributed by atoms with E-state index in [0.29, 0.717) is 6.07 Å². The van der Waals surface area contributed by atoms with Crippen LogP contribution in [0.5, 0.6) is 0 Å². The van der Waals surface area contributed by atoms with Crippen molar-refractivity contribution < 1.29 is 18.5 Å². The number of amides is 1. The standard InChI is InChI=1S/C13H17F2N3O3/c1-13(2,12(19)16-3)7-17-6-8-4-11(18(20)21)10(15)5-9(8)14/h4-5,17H,6-7H2,1-3H3,(H,16,19). The molecule has 116 valence electrons. The first-order valence-electron chi connectivity index (χ1n) is 6.24. The zero-order valence-electron chi connectivity index (χ0n) is 12.0. The Balaban J connectivity index is 2.79. The molecule has 1 rings (SSSR count). The van der Waals surface area contributed by atoms with Crippen molar-refractivity contribution in [1.82, 2.24) is 10.6 Å². The van der Waals surface area contributed by atoms with Gasteiger partial charge in [-0.05, 0) is 13.8 Å². The van der Waals surface area contributed by atoms with E-state index >= 15 is 0 Å². The minimum Gasteiger partial charge on any atom is -0.359 e. The van der Waals surface area contributed by atoms with Gasteiger partial charge in [0.25, 0.3) is 0 Å². The Morgan fingerprint density at radius 1 is 1.33 bits per heavy atom. The third-order valence-corrected chi connectivity index (χ3v) is 3.04. The van der Waals surface area contributed by atoms with Gasteiger partial charge in [0.2, 0.25) is 11.7 Å². The summed E-state index contributed by atoms with van der Waals surface area (Å²) in [5.74, 6) is -2.28. The Morgan fingerprint density at radius 3 is 2.48 bits per heavy atom. The van der Waals surface area contributed by atoms with Crippen LogP contribution in [0.15, 0.2) is 12.1 Å². The number of nitrogens with one attached hydrogen (secondary N) is 2. The minimum absolute atomic E-state index is 0.0317. The quantitative estimate of drug-likeness (QED) is 0.619. The molecule has 0 aliphatic carbocycles. The highest BCUT2D eigenvalue weighted by Crippen LogP contribution is 2.22. The second-order valence-corrected chi connectivity index (χ2v) is 5.22. The van der Waals surface area contributed by atoms with Crippen molar-refractivity contribution in [2.24, 2.45) is 5.41 Å². The number of halogens is 2. The van der Waals surface area contributed by atoms with Crippen LogP contribution in [0.2, 0.25) is 0 Å². The van der Waals surface area contributed by atoms with Gasteiger partial charge in [0.1, 0.15) is 5.82 Å². The topological polar surface area (TPSA) is 84.3 Å². The molecule has 0 fully saturated rings. The highest BCUT2D eigenvalue weighted by molar-refractivity contribution is 5.81. The molecule has 1 aromatic carbocycles. The summed E-state index contributed by atoms with van der Waals surface area (Å²) in [4.78, 5) is 21.3. The number of benzene rings is 1. The van der Waals surface area contributed by atoms with Crippen LogP contribution in [0.4, 0.5) is 14.5 Å². The van der Waals surface area contributed by atoms with E-state index in [0.717, 1.165) is 6.07 Å². The molecule has 0 aromatic heterocycles. The summed E-state index contributed by atoms with van der Waals surface area (Å²) in [6.07, 6.45) is 0. The molecule has 0 bridgehead atoms. The monoisotopic (exact) mass is 301 g/mol. The van der Waals surface area contributed by atoms with Gasteiger partial charge >= 0.3 is 5.69 Å². The Bertz CT molecular complexity index is 562. The van der Waals surface area contributed by atoms with Crippen molar-refractivity contribution in [2.75, 3.05) is 13.6 Å². The van der Waals surface area contributed by atoms with Crippen LogP contribution in [0.1, 0.15) is 19.4 Å². The predicted molar refractivity (Wildman–Crippen MR) is 72.6 cm³/mol. The molecule has 0 aliphatic rings. The Labute approximate surface area is 120 Å². The third kappa shape index (κ3) is 4.19. The molecule has 8 heteroatoms. The van der Waals surface area contributed by atoms with Gasteiger partial charge in [-0.2, -0.15) is 4.39 Å². The molecule has 1 amide bonds. The molecule has 2 N–H and O–H groups in total. The predicted octanol–water partition coefficient (Wildman–Crippen LogP) is 1.73. The molecule has 1 aromatic rings. The van der Waals surface area contributed by atoms with Crippen LogP contribution in [-0.2, 0) is 11.3 Å². The lowest BCUT2D eigenvalue weighted by Gasteiger charge is -2.23. The number of hydrogen-bond acceptors (Lipinski definition) is 4. The highest BCUT2D eigenvalue weighted by Gasteiger charge is 2.26. The lowest BCUT2D eigenvalue weighted by Crippen LogP contribution is -2.41. The summed E-state index contributed by atoms with van der Waals surface area (Å²) in [5.41, 5.74) is -1.54. The summed E-state index contributed by atoms with van der Waals surface area (Å²) in [6, 6.07) is 1.34. The van der Waals surface area contributed by atoms with E-state index in [4.69, 9.17) is 0 Å². The van der Waals surface area contributed by atoms with Gasteiger partial charge in [0.15, 0.2) is 0 Å². The van der Waals surface area contributed by atoms with Gasteiger partial charge in [-0.1, -0.05) is 0 Å². The fourth-order valence-electron chi connectivity index (χ4n) is 1.78. The third-order valence-electron chi connectivity index (χ3n) is 3.04. The number of hydrogen-bond donors (Lipinski definition) is 2. The number of rotatable bonds is 6. The molecule has 6 nitrogen and oxygen atoms in total. The first-order valence-corrected chi connectivity index (χ1v) is 6.24. The zero-order valence-corrected chi connectivity index (χ0v) is 12.0. The summed E-state index contributed by atoms with van der Waals surface area (Å²) in [6.45, 7) is 3.58. The van der Waals surface area contributed by atoms with Crippen molar-refractivity contribution >= 4 is 11.6 Å². The van der Waals surface area contributed by atoms with E-state index in [1.165, 1.54) is 7.05 Å². The Hall–Kier alpha value is -2.09. The number of nitrogens with zero attached hydrogens (tertiary/aromatic N) is 1. The number of carbonyl (C=O) groups is 1. The summed E-state index contributed by atoms with van der Waals surface area (Å²) >= 11 is 0. The van der Waals surface area contributed by atoms with Crippen LogP contribution in [0.25, 0.3) is 0 Å². The van der Waals surface area contributed by atoms with Crippen molar-refractivity contribution in [1.29, 1.82) is 0 Å². The van der Waals surface area contributed by atoms with Crippen molar-refractivity contribution in [3.05, 3.63) is 39.4 Å². The molecule has 0 radical (unpaired) electrons. The van der Waals surface area contributed by atoms with Crippen molar-refractivity contribution in [3.8, 4) is 0 Å². The maximum atomic E-state index is 13.6. The number of carbonyl (C=O) groups excluding carboxylic acids is 1. The molecule has 0 spiro atoms. The van der Waals surface area contributed by atoms with Gasteiger partial charge in [-0.15, -0.1) is 0 Å². The zero-order chi connectivity index (χ0) is 16.2. The van der Waals surface area contributed by atoms with Crippen LogP contribution >= 0.6 is 0 Å². The smallest absolute Gasteiger partial charge is 0.305 e. The van der Waals surface area contributed by atoms with Crippen LogP contribution in [0.3, 0.4) is 0 Å². The average molecular weight is 301 g/mol. The second kappa shape index (κ2) is 6.57. The molecule has 0 saturated carbocycles. The SMILES string of the molecule is CNC(=O)C(C)(C)CNCc1cc([N+](=O)[O-])c(F)cc1F. The first-order chi connectivity index (χ1) is 9.69.